The molecule has 1 fully saturated rings. The second-order valence-corrected chi connectivity index (χ2v) is 4.39. The van der Waals surface area contributed by atoms with Crippen molar-refractivity contribution in [2.24, 2.45) is 11.7 Å². The van der Waals surface area contributed by atoms with Crippen LogP contribution in [0.5, 0.6) is 0 Å². The Kier molecular flexibility index (Phi) is 5.16. The summed E-state index contributed by atoms with van der Waals surface area (Å²) >= 11 is 0. The fourth-order valence-corrected chi connectivity index (χ4v) is 1.97. The minimum absolute atomic E-state index is 0.0120. The number of piperidine rings is 1. The third-order valence-corrected chi connectivity index (χ3v) is 3.00. The van der Waals surface area contributed by atoms with Crippen molar-refractivity contribution < 1.29 is 27.5 Å². The molecule has 1 amide bonds. The second-order valence-electron chi connectivity index (χ2n) is 4.39. The van der Waals surface area contributed by atoms with E-state index in [1.54, 1.807) is 6.92 Å². The summed E-state index contributed by atoms with van der Waals surface area (Å²) in [5, 5.41) is 0. The molecule has 1 aliphatic heterocycles. The molecule has 0 aliphatic carbocycles. The lowest BCUT2D eigenvalue weighted by molar-refractivity contribution is -0.188. The zero-order chi connectivity index (χ0) is 14.6. The lowest BCUT2D eigenvalue weighted by Gasteiger charge is -2.34. The van der Waals surface area contributed by atoms with Gasteiger partial charge in [0.05, 0.1) is 12.5 Å². The van der Waals surface area contributed by atoms with Crippen molar-refractivity contribution in [3.05, 3.63) is 0 Å². The molecule has 19 heavy (non-hydrogen) atoms. The quantitative estimate of drug-likeness (QED) is 0.610. The summed E-state index contributed by atoms with van der Waals surface area (Å²) in [4.78, 5) is 24.1. The molecular formula is C11H17F3N2O3. The molecule has 0 bridgehead atoms. The van der Waals surface area contributed by atoms with Gasteiger partial charge < -0.3 is 15.4 Å². The predicted molar refractivity (Wildman–Crippen MR) is 60.0 cm³/mol. The van der Waals surface area contributed by atoms with Crippen molar-refractivity contribution >= 4 is 11.9 Å². The number of likely N-dealkylation sites (tertiary alicyclic amines) is 1. The molecular weight excluding hydrogens is 265 g/mol. The number of carbonyl (C=O) groups is 2. The first-order chi connectivity index (χ1) is 8.77. The highest BCUT2D eigenvalue weighted by atomic mass is 19.4. The number of nitrogens with two attached hydrogens (primary N) is 1. The molecule has 1 rings (SSSR count). The molecule has 1 aliphatic rings. The number of alkyl halides is 3. The Morgan fingerprint density at radius 2 is 2.11 bits per heavy atom. The number of nitrogens with zero attached hydrogens (tertiary/aromatic N) is 1. The van der Waals surface area contributed by atoms with E-state index in [0.29, 0.717) is 0 Å². The molecule has 8 heteroatoms. The number of halogens is 3. The Morgan fingerprint density at radius 1 is 1.47 bits per heavy atom. The van der Waals surface area contributed by atoms with Gasteiger partial charge in [-0.15, -0.1) is 0 Å². The van der Waals surface area contributed by atoms with Crippen LogP contribution in [0.15, 0.2) is 0 Å². The predicted octanol–water partition coefficient (Wildman–Crippen LogP) is 0.678. The smallest absolute Gasteiger partial charge is 0.393 e. The summed E-state index contributed by atoms with van der Waals surface area (Å²) in [7, 11) is 0. The van der Waals surface area contributed by atoms with E-state index < -0.39 is 36.6 Å². The number of hydrogen-bond donors (Lipinski definition) is 1. The molecule has 1 saturated heterocycles. The molecule has 2 unspecified atom stereocenters. The number of esters is 1. The van der Waals surface area contributed by atoms with Gasteiger partial charge in [-0.3, -0.25) is 4.79 Å². The maximum absolute atomic E-state index is 12.6. The van der Waals surface area contributed by atoms with Gasteiger partial charge in [0.2, 0.25) is 0 Å². The SMILES string of the molecule is CCOC(=O)C(N)C(=O)N1CCCC(C(F)(F)F)C1. The Balaban J connectivity index is 2.64. The number of carbonyl (C=O) groups excluding carboxylic acids is 2. The molecule has 0 radical (unpaired) electrons. The summed E-state index contributed by atoms with van der Waals surface area (Å²) in [6.07, 6.45) is -4.11. The van der Waals surface area contributed by atoms with E-state index in [1.807, 2.05) is 0 Å². The monoisotopic (exact) mass is 282 g/mol. The molecule has 0 aromatic rings. The van der Waals surface area contributed by atoms with Crippen molar-refractivity contribution in [3.63, 3.8) is 0 Å². The second kappa shape index (κ2) is 6.23. The average Bonchev–Trinajstić information content (AvgIpc) is 2.36. The summed E-state index contributed by atoms with van der Waals surface area (Å²) in [5.74, 6) is -3.28. The molecule has 0 spiro atoms. The number of amides is 1. The van der Waals surface area contributed by atoms with E-state index in [9.17, 15) is 22.8 Å². The third kappa shape index (κ3) is 4.09. The maximum Gasteiger partial charge on any atom is 0.393 e. The number of ether oxygens (including phenoxy) is 1. The highest BCUT2D eigenvalue weighted by Gasteiger charge is 2.43. The van der Waals surface area contributed by atoms with Gasteiger partial charge in [0, 0.05) is 13.1 Å². The van der Waals surface area contributed by atoms with Gasteiger partial charge in [0.15, 0.2) is 6.04 Å². The van der Waals surface area contributed by atoms with Crippen LogP contribution in [-0.4, -0.2) is 48.7 Å². The van der Waals surface area contributed by atoms with Crippen molar-refractivity contribution in [3.8, 4) is 0 Å². The summed E-state index contributed by atoms with van der Waals surface area (Å²) in [6.45, 7) is 1.34. The Bertz CT molecular complexity index is 347. The molecule has 5 nitrogen and oxygen atoms in total. The van der Waals surface area contributed by atoms with Gasteiger partial charge in [-0.25, -0.2) is 4.79 Å². The van der Waals surface area contributed by atoms with E-state index in [0.717, 1.165) is 4.90 Å². The van der Waals surface area contributed by atoms with Gasteiger partial charge in [-0.1, -0.05) is 0 Å². The number of rotatable bonds is 3. The minimum atomic E-state index is -4.34. The number of hydrogen-bond acceptors (Lipinski definition) is 4. The van der Waals surface area contributed by atoms with Crippen LogP contribution in [0.4, 0.5) is 13.2 Å². The largest absolute Gasteiger partial charge is 0.464 e. The van der Waals surface area contributed by atoms with Crippen LogP contribution in [0.2, 0.25) is 0 Å². The van der Waals surface area contributed by atoms with Gasteiger partial charge in [-0.05, 0) is 19.8 Å². The van der Waals surface area contributed by atoms with E-state index in [2.05, 4.69) is 4.74 Å². The zero-order valence-corrected chi connectivity index (χ0v) is 10.6. The first kappa shape index (κ1) is 15.7. The van der Waals surface area contributed by atoms with Crippen molar-refractivity contribution in [2.45, 2.75) is 32.0 Å². The zero-order valence-electron chi connectivity index (χ0n) is 10.6. The lowest BCUT2D eigenvalue weighted by Crippen LogP contribution is -2.53. The molecule has 2 N–H and O–H groups in total. The normalized spacial score (nSPS) is 21.9. The van der Waals surface area contributed by atoms with Crippen LogP contribution < -0.4 is 5.73 Å². The summed E-state index contributed by atoms with van der Waals surface area (Å²) in [5.41, 5.74) is 5.39. The van der Waals surface area contributed by atoms with Crippen LogP contribution in [0.25, 0.3) is 0 Å². The average molecular weight is 282 g/mol. The van der Waals surface area contributed by atoms with Crippen LogP contribution in [0.3, 0.4) is 0 Å². The molecule has 0 aromatic carbocycles. The standard InChI is InChI=1S/C11H17F3N2O3/c1-2-19-10(18)8(15)9(17)16-5-3-4-7(6-16)11(12,13)14/h7-8H,2-6,15H2,1H3. The highest BCUT2D eigenvalue weighted by molar-refractivity contribution is 6.01. The first-order valence-corrected chi connectivity index (χ1v) is 6.05. The van der Waals surface area contributed by atoms with Crippen LogP contribution in [0, 0.1) is 5.92 Å². The summed E-state index contributed by atoms with van der Waals surface area (Å²) in [6, 6.07) is -1.55. The van der Waals surface area contributed by atoms with E-state index in [-0.39, 0.29) is 26.0 Å². The first-order valence-electron chi connectivity index (χ1n) is 6.05. The van der Waals surface area contributed by atoms with Gasteiger partial charge >= 0.3 is 12.1 Å². The molecule has 0 saturated carbocycles. The third-order valence-electron chi connectivity index (χ3n) is 3.00. The van der Waals surface area contributed by atoms with Crippen molar-refractivity contribution in [1.82, 2.24) is 4.90 Å². The van der Waals surface area contributed by atoms with Crippen molar-refractivity contribution in [1.29, 1.82) is 0 Å². The molecule has 1 heterocycles. The van der Waals surface area contributed by atoms with E-state index in [4.69, 9.17) is 5.73 Å². The maximum atomic E-state index is 12.6. The minimum Gasteiger partial charge on any atom is -0.464 e. The van der Waals surface area contributed by atoms with Gasteiger partial charge in [0.25, 0.3) is 5.91 Å². The fraction of sp³-hybridized carbons (Fsp3) is 0.818. The molecule has 2 atom stereocenters. The Labute approximate surface area is 108 Å². The van der Waals surface area contributed by atoms with Gasteiger partial charge in [0.1, 0.15) is 0 Å². The fourth-order valence-electron chi connectivity index (χ4n) is 1.97. The van der Waals surface area contributed by atoms with E-state index in [1.165, 1.54) is 0 Å². The molecule has 0 aromatic heterocycles. The Morgan fingerprint density at radius 3 is 2.63 bits per heavy atom. The van der Waals surface area contributed by atoms with Crippen molar-refractivity contribution in [2.75, 3.05) is 19.7 Å². The molecule has 110 valence electrons. The Hall–Kier alpha value is -1.31. The van der Waals surface area contributed by atoms with Crippen LogP contribution in [-0.2, 0) is 14.3 Å². The van der Waals surface area contributed by atoms with Crippen LogP contribution in [0.1, 0.15) is 19.8 Å². The van der Waals surface area contributed by atoms with E-state index >= 15 is 0 Å². The lowest BCUT2D eigenvalue weighted by atomic mass is 9.97. The summed E-state index contributed by atoms with van der Waals surface area (Å²) < 4.78 is 42.4. The topological polar surface area (TPSA) is 72.6 Å². The highest BCUT2D eigenvalue weighted by Crippen LogP contribution is 2.33. The van der Waals surface area contributed by atoms with Gasteiger partial charge in [-0.2, -0.15) is 13.2 Å². The van der Waals surface area contributed by atoms with Crippen LogP contribution >= 0.6 is 0 Å².